The average Bonchev–Trinajstić information content (AvgIpc) is 2.74. The third-order valence-electron chi connectivity index (χ3n) is 1.99. The van der Waals surface area contributed by atoms with Crippen molar-refractivity contribution < 1.29 is 4.74 Å². The summed E-state index contributed by atoms with van der Waals surface area (Å²) in [5.41, 5.74) is 3.38. The second kappa shape index (κ2) is 4.96. The van der Waals surface area contributed by atoms with Crippen LogP contribution in [0, 0.1) is 6.92 Å². The van der Waals surface area contributed by atoms with Crippen LogP contribution in [0.2, 0.25) is 0 Å². The number of ether oxygens (including phenoxy) is 1. The molecule has 0 aliphatic heterocycles. The summed E-state index contributed by atoms with van der Waals surface area (Å²) in [5, 5.41) is 4.12. The standard InChI is InChI=1S/C10H15N7O/c1-6(2)18-10-14-8(16-11)13-9(15-10)17-5-7(3)4-12-17/h4-6H,11H2,1-3H3,(H,13,14,15,16). The third kappa shape index (κ3) is 2.72. The second-order valence-electron chi connectivity index (χ2n) is 4.01. The predicted molar refractivity (Wildman–Crippen MR) is 65.3 cm³/mol. The zero-order chi connectivity index (χ0) is 13.1. The number of nitrogens with two attached hydrogens (primary N) is 1. The van der Waals surface area contributed by atoms with Crippen molar-refractivity contribution in [2.24, 2.45) is 5.84 Å². The van der Waals surface area contributed by atoms with E-state index in [0.717, 1.165) is 5.56 Å². The van der Waals surface area contributed by atoms with Crippen LogP contribution in [0.15, 0.2) is 12.4 Å². The summed E-state index contributed by atoms with van der Waals surface area (Å²) in [6.45, 7) is 5.70. The van der Waals surface area contributed by atoms with Crippen LogP contribution in [0.1, 0.15) is 19.4 Å². The van der Waals surface area contributed by atoms with Crippen LogP contribution in [0.25, 0.3) is 5.95 Å². The number of nitrogens with zero attached hydrogens (tertiary/aromatic N) is 5. The summed E-state index contributed by atoms with van der Waals surface area (Å²) in [6, 6.07) is 0.205. The van der Waals surface area contributed by atoms with E-state index in [1.807, 2.05) is 20.8 Å². The quantitative estimate of drug-likeness (QED) is 0.598. The highest BCUT2D eigenvalue weighted by atomic mass is 16.5. The van der Waals surface area contributed by atoms with Crippen LogP contribution in [0.3, 0.4) is 0 Å². The molecule has 2 heterocycles. The summed E-state index contributed by atoms with van der Waals surface area (Å²) in [5.74, 6) is 5.89. The van der Waals surface area contributed by atoms with E-state index in [1.54, 1.807) is 12.4 Å². The Morgan fingerprint density at radius 3 is 2.67 bits per heavy atom. The average molecular weight is 249 g/mol. The predicted octanol–water partition coefficient (Wildman–Crippen LogP) is 0.439. The molecule has 96 valence electrons. The molecule has 0 radical (unpaired) electrons. The lowest BCUT2D eigenvalue weighted by Crippen LogP contribution is -2.16. The molecule has 0 atom stereocenters. The van der Waals surface area contributed by atoms with Crippen LogP contribution in [-0.4, -0.2) is 30.8 Å². The van der Waals surface area contributed by atoms with Crippen LogP contribution in [0.5, 0.6) is 6.01 Å². The number of nitrogen functional groups attached to an aromatic ring is 1. The highest BCUT2D eigenvalue weighted by Gasteiger charge is 2.10. The monoisotopic (exact) mass is 249 g/mol. The zero-order valence-electron chi connectivity index (χ0n) is 10.5. The van der Waals surface area contributed by atoms with Gasteiger partial charge in [0.05, 0.1) is 12.3 Å². The number of hydrogen-bond acceptors (Lipinski definition) is 7. The van der Waals surface area contributed by atoms with Gasteiger partial charge in [0, 0.05) is 6.20 Å². The van der Waals surface area contributed by atoms with Crippen LogP contribution < -0.4 is 16.0 Å². The molecule has 2 aromatic heterocycles. The molecule has 0 fully saturated rings. The van der Waals surface area contributed by atoms with Gasteiger partial charge in [-0.25, -0.2) is 10.5 Å². The number of anilines is 1. The fourth-order valence-electron chi connectivity index (χ4n) is 1.30. The van der Waals surface area contributed by atoms with Crippen LogP contribution in [0.4, 0.5) is 5.95 Å². The normalized spacial score (nSPS) is 10.7. The Bertz CT molecular complexity index is 537. The molecule has 8 nitrogen and oxygen atoms in total. The maximum Gasteiger partial charge on any atom is 0.323 e. The second-order valence-corrected chi connectivity index (χ2v) is 4.01. The molecule has 0 spiro atoms. The van der Waals surface area contributed by atoms with Gasteiger partial charge in [-0.3, -0.25) is 5.43 Å². The Labute approximate surface area is 104 Å². The first-order valence-corrected chi connectivity index (χ1v) is 5.49. The first kappa shape index (κ1) is 12.2. The number of aryl methyl sites for hydroxylation is 1. The van der Waals surface area contributed by atoms with E-state index in [9.17, 15) is 0 Å². The van der Waals surface area contributed by atoms with E-state index >= 15 is 0 Å². The fourth-order valence-corrected chi connectivity index (χ4v) is 1.30. The molecule has 0 aliphatic rings. The smallest absolute Gasteiger partial charge is 0.323 e. The molecule has 0 aliphatic carbocycles. The Hall–Kier alpha value is -2.22. The lowest BCUT2D eigenvalue weighted by Gasteiger charge is -2.09. The lowest BCUT2D eigenvalue weighted by atomic mass is 10.4. The molecule has 3 N–H and O–H groups in total. The fraction of sp³-hybridized carbons (Fsp3) is 0.400. The lowest BCUT2D eigenvalue weighted by molar-refractivity contribution is 0.221. The highest BCUT2D eigenvalue weighted by Crippen LogP contribution is 2.11. The molecular formula is C10H15N7O. The number of hydrogen-bond donors (Lipinski definition) is 2. The van der Waals surface area contributed by atoms with E-state index in [2.05, 4.69) is 25.5 Å². The van der Waals surface area contributed by atoms with E-state index in [-0.39, 0.29) is 18.1 Å². The van der Waals surface area contributed by atoms with Crippen molar-refractivity contribution in [3.8, 4) is 12.0 Å². The molecular weight excluding hydrogens is 234 g/mol. The van der Waals surface area contributed by atoms with E-state index in [0.29, 0.717) is 5.95 Å². The highest BCUT2D eigenvalue weighted by molar-refractivity contribution is 5.28. The Kier molecular flexibility index (Phi) is 3.38. The van der Waals surface area contributed by atoms with Crippen molar-refractivity contribution >= 4 is 5.95 Å². The van der Waals surface area contributed by atoms with Crippen molar-refractivity contribution in [1.29, 1.82) is 0 Å². The van der Waals surface area contributed by atoms with E-state index < -0.39 is 0 Å². The van der Waals surface area contributed by atoms with Gasteiger partial charge < -0.3 is 4.74 Å². The molecule has 0 saturated heterocycles. The van der Waals surface area contributed by atoms with Gasteiger partial charge >= 0.3 is 6.01 Å². The molecule has 0 amide bonds. The van der Waals surface area contributed by atoms with Crippen molar-refractivity contribution in [3.63, 3.8) is 0 Å². The van der Waals surface area contributed by atoms with Crippen LogP contribution in [-0.2, 0) is 0 Å². The number of hydrazine groups is 1. The van der Waals surface area contributed by atoms with Crippen molar-refractivity contribution in [2.45, 2.75) is 26.9 Å². The van der Waals surface area contributed by atoms with Crippen molar-refractivity contribution in [2.75, 3.05) is 5.43 Å². The number of aromatic nitrogens is 5. The van der Waals surface area contributed by atoms with Gasteiger partial charge in [-0.05, 0) is 26.3 Å². The molecule has 0 unspecified atom stereocenters. The molecule has 2 aromatic rings. The van der Waals surface area contributed by atoms with Gasteiger partial charge in [0.15, 0.2) is 0 Å². The van der Waals surface area contributed by atoms with Gasteiger partial charge in [0.1, 0.15) is 0 Å². The molecule has 2 rings (SSSR count). The van der Waals surface area contributed by atoms with Crippen molar-refractivity contribution in [1.82, 2.24) is 24.7 Å². The van der Waals surface area contributed by atoms with Gasteiger partial charge in [-0.1, -0.05) is 0 Å². The number of rotatable bonds is 4. The summed E-state index contributed by atoms with van der Waals surface area (Å²) < 4.78 is 6.96. The third-order valence-corrected chi connectivity index (χ3v) is 1.99. The summed E-state index contributed by atoms with van der Waals surface area (Å²) in [7, 11) is 0. The first-order valence-electron chi connectivity index (χ1n) is 5.49. The minimum Gasteiger partial charge on any atom is -0.461 e. The first-order chi connectivity index (χ1) is 8.58. The molecule has 18 heavy (non-hydrogen) atoms. The zero-order valence-corrected chi connectivity index (χ0v) is 10.5. The minimum absolute atomic E-state index is 0.0368. The van der Waals surface area contributed by atoms with Gasteiger partial charge in [-0.2, -0.15) is 20.1 Å². The summed E-state index contributed by atoms with van der Waals surface area (Å²) >= 11 is 0. The summed E-state index contributed by atoms with van der Waals surface area (Å²) in [6.07, 6.45) is 3.47. The Morgan fingerprint density at radius 2 is 2.11 bits per heavy atom. The van der Waals surface area contributed by atoms with Gasteiger partial charge in [0.2, 0.25) is 5.95 Å². The van der Waals surface area contributed by atoms with Gasteiger partial charge in [-0.15, -0.1) is 0 Å². The molecule has 8 heteroatoms. The SMILES string of the molecule is Cc1cnn(-c2nc(NN)nc(OC(C)C)n2)c1. The summed E-state index contributed by atoms with van der Waals surface area (Å²) in [4.78, 5) is 12.3. The minimum atomic E-state index is -0.0368. The topological polar surface area (TPSA) is 104 Å². The molecule has 0 saturated carbocycles. The van der Waals surface area contributed by atoms with E-state index in [4.69, 9.17) is 10.6 Å². The van der Waals surface area contributed by atoms with Gasteiger partial charge in [0.25, 0.3) is 5.95 Å². The maximum absolute atomic E-state index is 5.43. The van der Waals surface area contributed by atoms with Crippen LogP contribution >= 0.6 is 0 Å². The largest absolute Gasteiger partial charge is 0.461 e. The maximum atomic E-state index is 5.43. The number of nitrogens with one attached hydrogen (secondary N) is 1. The van der Waals surface area contributed by atoms with E-state index in [1.165, 1.54) is 4.68 Å². The van der Waals surface area contributed by atoms with Crippen molar-refractivity contribution in [3.05, 3.63) is 18.0 Å². The molecule has 0 bridgehead atoms. The Morgan fingerprint density at radius 1 is 1.33 bits per heavy atom. The molecule has 0 aromatic carbocycles. The Balaban J connectivity index is 2.40.